The summed E-state index contributed by atoms with van der Waals surface area (Å²) >= 11 is 0. The van der Waals surface area contributed by atoms with Gasteiger partial charge in [-0.1, -0.05) is 18.2 Å². The predicted octanol–water partition coefficient (Wildman–Crippen LogP) is 2.09. The normalized spacial score (nSPS) is 11.2. The highest BCUT2D eigenvalue weighted by atomic mass is 32.2. The fourth-order valence-electron chi connectivity index (χ4n) is 1.86. The fraction of sp³-hybridized carbons (Fsp3) is 0.143. The molecule has 5 nitrogen and oxygen atoms in total. The third-order valence-corrected chi connectivity index (χ3v) is 4.24. The molecule has 0 aliphatic rings. The van der Waals surface area contributed by atoms with E-state index < -0.39 is 15.8 Å². The number of hydrogen-bond acceptors (Lipinski definition) is 4. The number of ether oxygens (including phenoxy) is 1. The van der Waals surface area contributed by atoms with Gasteiger partial charge in [0, 0.05) is 6.54 Å². The number of nitrogens with one attached hydrogen (secondary N) is 1. The minimum Gasteiger partial charge on any atom is -0.495 e. The summed E-state index contributed by atoms with van der Waals surface area (Å²) in [5.74, 6) is -0.283. The van der Waals surface area contributed by atoms with Gasteiger partial charge in [-0.25, -0.2) is 12.8 Å². The first kappa shape index (κ1) is 15.3. The molecule has 0 spiro atoms. The number of halogens is 1. The molecule has 3 N–H and O–H groups in total. The summed E-state index contributed by atoms with van der Waals surface area (Å²) in [5.41, 5.74) is 6.44. The van der Waals surface area contributed by atoms with Crippen molar-refractivity contribution in [3.05, 3.63) is 53.8 Å². The van der Waals surface area contributed by atoms with Crippen LogP contribution in [0.15, 0.2) is 47.4 Å². The summed E-state index contributed by atoms with van der Waals surface area (Å²) in [4.78, 5) is -0.170. The molecule has 2 aromatic carbocycles. The van der Waals surface area contributed by atoms with Crippen LogP contribution in [-0.2, 0) is 16.6 Å². The summed E-state index contributed by atoms with van der Waals surface area (Å²) in [6.45, 7) is 0.137. The van der Waals surface area contributed by atoms with Crippen molar-refractivity contribution in [3.8, 4) is 5.75 Å². The first-order chi connectivity index (χ1) is 9.97. The molecular formula is C14H15FN2O3S. The molecule has 21 heavy (non-hydrogen) atoms. The minimum atomic E-state index is -3.93. The van der Waals surface area contributed by atoms with Crippen LogP contribution in [0.4, 0.5) is 10.1 Å². The zero-order valence-electron chi connectivity index (χ0n) is 11.3. The Kier molecular flexibility index (Phi) is 4.44. The molecule has 0 aliphatic heterocycles. The van der Waals surface area contributed by atoms with Gasteiger partial charge in [-0.05, 0) is 29.8 Å². The van der Waals surface area contributed by atoms with Crippen molar-refractivity contribution in [2.24, 2.45) is 5.73 Å². The van der Waals surface area contributed by atoms with Crippen molar-refractivity contribution in [1.29, 1.82) is 0 Å². The van der Waals surface area contributed by atoms with Crippen molar-refractivity contribution in [2.75, 3.05) is 11.8 Å². The zero-order valence-corrected chi connectivity index (χ0v) is 12.2. The maximum Gasteiger partial charge on any atom is 0.262 e. The molecule has 0 radical (unpaired) electrons. The Bertz CT molecular complexity index is 725. The van der Waals surface area contributed by atoms with Crippen molar-refractivity contribution in [3.63, 3.8) is 0 Å². The molecule has 0 atom stereocenters. The van der Waals surface area contributed by atoms with E-state index >= 15 is 0 Å². The number of para-hydroxylation sites is 1. The Morgan fingerprint density at radius 3 is 2.57 bits per heavy atom. The van der Waals surface area contributed by atoms with Gasteiger partial charge >= 0.3 is 0 Å². The van der Waals surface area contributed by atoms with Crippen LogP contribution in [0.3, 0.4) is 0 Å². The number of methoxy groups -OCH3 is 1. The lowest BCUT2D eigenvalue weighted by atomic mass is 10.1. The quantitative estimate of drug-likeness (QED) is 0.886. The smallest absolute Gasteiger partial charge is 0.262 e. The number of anilines is 1. The molecule has 0 unspecified atom stereocenters. The van der Waals surface area contributed by atoms with Crippen LogP contribution < -0.4 is 15.2 Å². The maximum absolute atomic E-state index is 13.2. The predicted molar refractivity (Wildman–Crippen MR) is 78.1 cm³/mol. The highest BCUT2D eigenvalue weighted by Gasteiger charge is 2.19. The molecule has 0 heterocycles. The van der Waals surface area contributed by atoms with Crippen LogP contribution in [0.2, 0.25) is 0 Å². The SMILES string of the molecule is COc1cccc(CN)c1NS(=O)(=O)c1cccc(F)c1. The molecule has 0 aliphatic carbocycles. The second kappa shape index (κ2) is 6.11. The van der Waals surface area contributed by atoms with E-state index in [1.807, 2.05) is 0 Å². The van der Waals surface area contributed by atoms with E-state index in [4.69, 9.17) is 10.5 Å². The Morgan fingerprint density at radius 2 is 1.95 bits per heavy atom. The van der Waals surface area contributed by atoms with Crippen LogP contribution in [0.1, 0.15) is 5.56 Å². The lowest BCUT2D eigenvalue weighted by Crippen LogP contribution is -2.16. The Labute approximate surface area is 122 Å². The first-order valence-electron chi connectivity index (χ1n) is 6.12. The molecule has 112 valence electrons. The van der Waals surface area contributed by atoms with Gasteiger partial charge in [0.15, 0.2) is 0 Å². The van der Waals surface area contributed by atoms with Gasteiger partial charge in [0.1, 0.15) is 11.6 Å². The molecule has 2 rings (SSSR count). The van der Waals surface area contributed by atoms with Crippen molar-refractivity contribution in [2.45, 2.75) is 11.4 Å². The van der Waals surface area contributed by atoms with E-state index in [0.717, 1.165) is 6.07 Å². The van der Waals surface area contributed by atoms with E-state index in [-0.39, 0.29) is 17.1 Å². The molecule has 7 heteroatoms. The molecule has 0 aromatic heterocycles. The lowest BCUT2D eigenvalue weighted by Gasteiger charge is -2.15. The van der Waals surface area contributed by atoms with Gasteiger partial charge in [-0.15, -0.1) is 0 Å². The molecular weight excluding hydrogens is 295 g/mol. The van der Waals surface area contributed by atoms with Gasteiger partial charge in [-0.2, -0.15) is 0 Å². The first-order valence-corrected chi connectivity index (χ1v) is 7.60. The minimum absolute atomic E-state index is 0.137. The second-order valence-corrected chi connectivity index (χ2v) is 5.94. The van der Waals surface area contributed by atoms with Gasteiger partial charge in [0.05, 0.1) is 17.7 Å². The summed E-state index contributed by atoms with van der Waals surface area (Å²) < 4.78 is 45.4. The Hall–Kier alpha value is -2.12. The average molecular weight is 310 g/mol. The molecule has 0 amide bonds. The van der Waals surface area contributed by atoms with Crippen LogP contribution in [0.5, 0.6) is 5.75 Å². The monoisotopic (exact) mass is 310 g/mol. The van der Waals surface area contributed by atoms with E-state index in [0.29, 0.717) is 11.3 Å². The average Bonchev–Trinajstić information content (AvgIpc) is 2.47. The highest BCUT2D eigenvalue weighted by Crippen LogP contribution is 2.30. The van der Waals surface area contributed by atoms with Crippen LogP contribution >= 0.6 is 0 Å². The van der Waals surface area contributed by atoms with E-state index in [9.17, 15) is 12.8 Å². The number of hydrogen-bond donors (Lipinski definition) is 2. The molecule has 0 saturated heterocycles. The molecule has 2 aromatic rings. The molecule has 0 saturated carbocycles. The van der Waals surface area contributed by atoms with E-state index in [1.54, 1.807) is 18.2 Å². The zero-order chi connectivity index (χ0) is 15.5. The number of nitrogens with two attached hydrogens (primary N) is 1. The van der Waals surface area contributed by atoms with Crippen molar-refractivity contribution in [1.82, 2.24) is 0 Å². The summed E-state index contributed by atoms with van der Waals surface area (Å²) in [6, 6.07) is 9.77. The molecule has 0 fully saturated rings. The Balaban J connectivity index is 2.46. The van der Waals surface area contributed by atoms with E-state index in [1.165, 1.54) is 25.3 Å². The largest absolute Gasteiger partial charge is 0.495 e. The maximum atomic E-state index is 13.2. The second-order valence-electron chi connectivity index (χ2n) is 4.26. The topological polar surface area (TPSA) is 81.4 Å². The number of sulfonamides is 1. The van der Waals surface area contributed by atoms with Crippen LogP contribution in [0, 0.1) is 5.82 Å². The fourth-order valence-corrected chi connectivity index (χ4v) is 3.00. The summed E-state index contributed by atoms with van der Waals surface area (Å²) in [6.07, 6.45) is 0. The highest BCUT2D eigenvalue weighted by molar-refractivity contribution is 7.92. The number of rotatable bonds is 5. The summed E-state index contributed by atoms with van der Waals surface area (Å²) in [7, 11) is -2.50. The Morgan fingerprint density at radius 1 is 1.24 bits per heavy atom. The third-order valence-electron chi connectivity index (χ3n) is 2.90. The van der Waals surface area contributed by atoms with Gasteiger partial charge < -0.3 is 10.5 Å². The van der Waals surface area contributed by atoms with Crippen LogP contribution in [-0.4, -0.2) is 15.5 Å². The molecule has 0 bridgehead atoms. The standard InChI is InChI=1S/C14H15FN2O3S/c1-20-13-7-2-4-10(9-16)14(13)17-21(18,19)12-6-3-5-11(15)8-12/h2-8,17H,9,16H2,1H3. The van der Waals surface area contributed by atoms with Gasteiger partial charge in [0.2, 0.25) is 0 Å². The van der Waals surface area contributed by atoms with Gasteiger partial charge in [0.25, 0.3) is 10.0 Å². The van der Waals surface area contributed by atoms with Crippen molar-refractivity contribution >= 4 is 15.7 Å². The number of benzene rings is 2. The van der Waals surface area contributed by atoms with Crippen LogP contribution in [0.25, 0.3) is 0 Å². The third kappa shape index (κ3) is 3.32. The summed E-state index contributed by atoms with van der Waals surface area (Å²) in [5, 5.41) is 0. The van der Waals surface area contributed by atoms with Gasteiger partial charge in [-0.3, -0.25) is 4.72 Å². The van der Waals surface area contributed by atoms with E-state index in [2.05, 4.69) is 4.72 Å². The van der Waals surface area contributed by atoms with Crippen molar-refractivity contribution < 1.29 is 17.5 Å². The lowest BCUT2D eigenvalue weighted by molar-refractivity contribution is 0.416.